The third-order valence-corrected chi connectivity index (χ3v) is 3.24. The topological polar surface area (TPSA) is 25.2 Å². The Balaban J connectivity index is 2.24. The van der Waals surface area contributed by atoms with Crippen LogP contribution in [0.3, 0.4) is 0 Å². The standard InChI is InChI=1S/C10H12N2S/c1-2-11-7-10-12-8-5-3-4-6-9(8)13-10/h2,7H,1,3-6H2. The zero-order valence-electron chi connectivity index (χ0n) is 7.49. The Hall–Kier alpha value is -0.960. The fraction of sp³-hybridized carbons (Fsp3) is 0.400. The normalized spacial score (nSPS) is 16.0. The molecule has 13 heavy (non-hydrogen) atoms. The second kappa shape index (κ2) is 3.83. The summed E-state index contributed by atoms with van der Waals surface area (Å²) in [5, 5.41) is 1.02. The van der Waals surface area contributed by atoms with Gasteiger partial charge in [0.25, 0.3) is 0 Å². The first-order chi connectivity index (χ1) is 6.40. The molecule has 0 amide bonds. The molecule has 0 saturated carbocycles. The summed E-state index contributed by atoms with van der Waals surface area (Å²) in [6, 6.07) is 0. The van der Waals surface area contributed by atoms with Crippen LogP contribution in [0.1, 0.15) is 28.4 Å². The average molecular weight is 192 g/mol. The second-order valence-corrected chi connectivity index (χ2v) is 4.21. The van der Waals surface area contributed by atoms with Crippen molar-refractivity contribution in [2.24, 2.45) is 4.99 Å². The average Bonchev–Trinajstić information content (AvgIpc) is 2.57. The summed E-state index contributed by atoms with van der Waals surface area (Å²) in [6.07, 6.45) is 8.28. The maximum atomic E-state index is 4.51. The van der Waals surface area contributed by atoms with Crippen molar-refractivity contribution in [3.8, 4) is 0 Å². The van der Waals surface area contributed by atoms with E-state index in [-0.39, 0.29) is 0 Å². The Kier molecular flexibility index (Phi) is 2.54. The number of nitrogens with zero attached hydrogens (tertiary/aromatic N) is 2. The molecule has 1 aliphatic carbocycles. The van der Waals surface area contributed by atoms with Crippen LogP contribution in [0.2, 0.25) is 0 Å². The summed E-state index contributed by atoms with van der Waals surface area (Å²) in [6.45, 7) is 3.54. The van der Waals surface area contributed by atoms with Gasteiger partial charge in [0.2, 0.25) is 0 Å². The smallest absolute Gasteiger partial charge is 0.134 e. The first-order valence-corrected chi connectivity index (χ1v) is 5.34. The van der Waals surface area contributed by atoms with E-state index in [1.807, 2.05) is 0 Å². The van der Waals surface area contributed by atoms with Crippen molar-refractivity contribution in [1.82, 2.24) is 4.98 Å². The van der Waals surface area contributed by atoms with Crippen LogP contribution in [0, 0.1) is 0 Å². The van der Waals surface area contributed by atoms with E-state index in [9.17, 15) is 0 Å². The highest BCUT2D eigenvalue weighted by atomic mass is 32.1. The highest BCUT2D eigenvalue weighted by Gasteiger charge is 2.13. The molecule has 0 spiro atoms. The van der Waals surface area contributed by atoms with Gasteiger partial charge in [0.15, 0.2) is 0 Å². The summed E-state index contributed by atoms with van der Waals surface area (Å²) < 4.78 is 0. The number of hydrogen-bond donors (Lipinski definition) is 0. The molecule has 1 aromatic heterocycles. The minimum absolute atomic E-state index is 1.02. The van der Waals surface area contributed by atoms with Crippen molar-refractivity contribution in [2.75, 3.05) is 0 Å². The molecule has 1 heterocycles. The Morgan fingerprint density at radius 1 is 1.38 bits per heavy atom. The number of thiazole rings is 1. The first-order valence-electron chi connectivity index (χ1n) is 4.53. The highest BCUT2D eigenvalue weighted by molar-refractivity contribution is 7.13. The van der Waals surface area contributed by atoms with Crippen LogP contribution >= 0.6 is 11.3 Å². The number of fused-ring (bicyclic) bond motifs is 1. The van der Waals surface area contributed by atoms with Crippen LogP contribution in [-0.2, 0) is 12.8 Å². The minimum atomic E-state index is 1.02. The van der Waals surface area contributed by atoms with Crippen LogP contribution in [0.5, 0.6) is 0 Å². The van der Waals surface area contributed by atoms with E-state index in [1.165, 1.54) is 29.8 Å². The molecule has 0 N–H and O–H groups in total. The van der Waals surface area contributed by atoms with Gasteiger partial charge in [-0.05, 0) is 25.7 Å². The van der Waals surface area contributed by atoms with Crippen molar-refractivity contribution in [3.63, 3.8) is 0 Å². The third kappa shape index (κ3) is 1.86. The SMILES string of the molecule is C=CN=Cc1nc2c(s1)CCCC2. The molecule has 0 bridgehead atoms. The summed E-state index contributed by atoms with van der Waals surface area (Å²) in [7, 11) is 0. The van der Waals surface area contributed by atoms with Gasteiger partial charge in [0.1, 0.15) is 5.01 Å². The molecule has 3 heteroatoms. The van der Waals surface area contributed by atoms with Gasteiger partial charge in [-0.15, -0.1) is 11.3 Å². The predicted octanol–water partition coefficient (Wildman–Crippen LogP) is 2.58. The molecule has 0 unspecified atom stereocenters. The summed E-state index contributed by atoms with van der Waals surface area (Å²) in [4.78, 5) is 9.94. The maximum absolute atomic E-state index is 4.51. The molecular formula is C10H12N2S. The van der Waals surface area contributed by atoms with Crippen molar-refractivity contribution in [3.05, 3.63) is 28.4 Å². The number of hydrogen-bond acceptors (Lipinski definition) is 3. The van der Waals surface area contributed by atoms with Crippen LogP contribution in [0.25, 0.3) is 0 Å². The quantitative estimate of drug-likeness (QED) is 0.661. The summed E-state index contributed by atoms with van der Waals surface area (Å²) >= 11 is 1.77. The van der Waals surface area contributed by atoms with E-state index < -0.39 is 0 Å². The van der Waals surface area contributed by atoms with E-state index in [0.717, 1.165) is 11.4 Å². The zero-order valence-corrected chi connectivity index (χ0v) is 8.31. The molecule has 1 aliphatic rings. The van der Waals surface area contributed by atoms with Crippen molar-refractivity contribution in [1.29, 1.82) is 0 Å². The van der Waals surface area contributed by atoms with Crippen molar-refractivity contribution in [2.45, 2.75) is 25.7 Å². The van der Waals surface area contributed by atoms with Gasteiger partial charge in [0.05, 0.1) is 11.9 Å². The van der Waals surface area contributed by atoms with Gasteiger partial charge in [-0.3, -0.25) is 4.99 Å². The lowest BCUT2D eigenvalue weighted by molar-refractivity contribution is 0.682. The van der Waals surface area contributed by atoms with Crippen LogP contribution in [0.4, 0.5) is 0 Å². The molecule has 2 nitrogen and oxygen atoms in total. The second-order valence-electron chi connectivity index (χ2n) is 3.09. The molecule has 0 aromatic carbocycles. The Labute approximate surface area is 82.0 Å². The molecule has 0 radical (unpaired) electrons. The molecule has 68 valence electrons. The Morgan fingerprint density at radius 3 is 3.00 bits per heavy atom. The lowest BCUT2D eigenvalue weighted by Gasteiger charge is -2.06. The summed E-state index contributed by atoms with van der Waals surface area (Å²) in [5.41, 5.74) is 1.29. The number of aromatic nitrogens is 1. The monoisotopic (exact) mass is 192 g/mol. The molecule has 0 aliphatic heterocycles. The van der Waals surface area contributed by atoms with E-state index in [2.05, 4.69) is 16.6 Å². The minimum Gasteiger partial charge on any atom is -0.262 e. The Morgan fingerprint density at radius 2 is 2.23 bits per heavy atom. The van der Waals surface area contributed by atoms with Crippen molar-refractivity contribution >= 4 is 17.6 Å². The molecular weight excluding hydrogens is 180 g/mol. The highest BCUT2D eigenvalue weighted by Crippen LogP contribution is 2.25. The van der Waals surface area contributed by atoms with E-state index in [0.29, 0.717) is 0 Å². The van der Waals surface area contributed by atoms with Gasteiger partial charge < -0.3 is 0 Å². The lowest BCUT2D eigenvalue weighted by Crippen LogP contribution is -1.99. The molecule has 0 atom stereocenters. The zero-order chi connectivity index (χ0) is 9.10. The maximum Gasteiger partial charge on any atom is 0.134 e. The van der Waals surface area contributed by atoms with Crippen LogP contribution in [-0.4, -0.2) is 11.2 Å². The number of aryl methyl sites for hydroxylation is 2. The number of aliphatic imine (C=N–C) groups is 1. The molecule has 0 saturated heterocycles. The molecule has 1 aromatic rings. The molecule has 2 rings (SSSR count). The molecule has 0 fully saturated rings. The predicted molar refractivity (Wildman–Crippen MR) is 56.5 cm³/mol. The van der Waals surface area contributed by atoms with E-state index in [4.69, 9.17) is 0 Å². The largest absolute Gasteiger partial charge is 0.262 e. The van der Waals surface area contributed by atoms with E-state index >= 15 is 0 Å². The fourth-order valence-corrected chi connectivity index (χ4v) is 2.58. The fourth-order valence-electron chi connectivity index (χ4n) is 1.54. The lowest BCUT2D eigenvalue weighted by atomic mass is 10.0. The third-order valence-electron chi connectivity index (χ3n) is 2.15. The summed E-state index contributed by atoms with van der Waals surface area (Å²) in [5.74, 6) is 0. The van der Waals surface area contributed by atoms with E-state index in [1.54, 1.807) is 23.8 Å². The number of rotatable bonds is 2. The van der Waals surface area contributed by atoms with Gasteiger partial charge in [-0.25, -0.2) is 4.98 Å². The first kappa shape index (κ1) is 8.63. The van der Waals surface area contributed by atoms with Crippen LogP contribution in [0.15, 0.2) is 17.8 Å². The van der Waals surface area contributed by atoms with Gasteiger partial charge >= 0.3 is 0 Å². The van der Waals surface area contributed by atoms with Gasteiger partial charge in [-0.2, -0.15) is 0 Å². The van der Waals surface area contributed by atoms with Crippen LogP contribution < -0.4 is 0 Å². The van der Waals surface area contributed by atoms with Gasteiger partial charge in [0, 0.05) is 11.1 Å². The Bertz CT molecular complexity index is 315. The van der Waals surface area contributed by atoms with Crippen molar-refractivity contribution < 1.29 is 0 Å². The van der Waals surface area contributed by atoms with Gasteiger partial charge in [-0.1, -0.05) is 6.58 Å².